The topological polar surface area (TPSA) is 29.1 Å². The molecule has 1 amide bonds. The van der Waals surface area contributed by atoms with Gasteiger partial charge >= 0.3 is 0 Å². The van der Waals surface area contributed by atoms with Crippen LogP contribution in [-0.2, 0) is 10.5 Å². The number of nitrogens with one attached hydrogen (secondary N) is 1. The van der Waals surface area contributed by atoms with E-state index in [0.29, 0.717) is 5.75 Å². The lowest BCUT2D eigenvalue weighted by Crippen LogP contribution is -2.27. The Bertz CT molecular complexity index is 427. The van der Waals surface area contributed by atoms with Gasteiger partial charge in [0.25, 0.3) is 0 Å². The van der Waals surface area contributed by atoms with Crippen molar-refractivity contribution in [3.05, 3.63) is 34.9 Å². The number of hydrogen-bond donors (Lipinski definition) is 1. The van der Waals surface area contributed by atoms with Crippen LogP contribution >= 0.6 is 11.8 Å². The van der Waals surface area contributed by atoms with Crippen LogP contribution in [0, 0.1) is 19.8 Å². The molecule has 2 nitrogen and oxygen atoms in total. The molecule has 2 rings (SSSR count). The van der Waals surface area contributed by atoms with Crippen molar-refractivity contribution in [1.29, 1.82) is 0 Å². The molecule has 1 saturated carbocycles. The second kappa shape index (κ2) is 6.28. The molecule has 98 valence electrons. The zero-order valence-corrected chi connectivity index (χ0v) is 12.0. The first-order valence-electron chi connectivity index (χ1n) is 6.55. The predicted molar refractivity (Wildman–Crippen MR) is 77.8 cm³/mol. The van der Waals surface area contributed by atoms with Crippen molar-refractivity contribution < 1.29 is 4.79 Å². The van der Waals surface area contributed by atoms with E-state index >= 15 is 0 Å². The summed E-state index contributed by atoms with van der Waals surface area (Å²) in [6, 6.07) is 6.49. The van der Waals surface area contributed by atoms with Gasteiger partial charge in [0.2, 0.25) is 5.91 Å². The molecule has 1 aromatic carbocycles. The minimum Gasteiger partial charge on any atom is -0.355 e. The average Bonchev–Trinajstić information content (AvgIpc) is 3.15. The Hall–Kier alpha value is -0.960. The summed E-state index contributed by atoms with van der Waals surface area (Å²) in [4.78, 5) is 11.6. The van der Waals surface area contributed by atoms with Gasteiger partial charge in [0.1, 0.15) is 0 Å². The van der Waals surface area contributed by atoms with Crippen molar-refractivity contribution in [1.82, 2.24) is 5.32 Å². The van der Waals surface area contributed by atoms with E-state index in [0.717, 1.165) is 18.2 Å². The van der Waals surface area contributed by atoms with Crippen molar-refractivity contribution in [2.45, 2.75) is 32.4 Å². The SMILES string of the molecule is Cc1ccc(C)c(CSCC(=O)NCC2CC2)c1. The summed E-state index contributed by atoms with van der Waals surface area (Å²) < 4.78 is 0. The maximum atomic E-state index is 11.6. The van der Waals surface area contributed by atoms with Crippen molar-refractivity contribution in [3.63, 3.8) is 0 Å². The van der Waals surface area contributed by atoms with E-state index in [1.54, 1.807) is 11.8 Å². The maximum Gasteiger partial charge on any atom is 0.230 e. The molecular weight excluding hydrogens is 242 g/mol. The van der Waals surface area contributed by atoms with Gasteiger partial charge in [-0.2, -0.15) is 0 Å². The Morgan fingerprint density at radius 3 is 2.89 bits per heavy atom. The summed E-state index contributed by atoms with van der Waals surface area (Å²) >= 11 is 1.70. The van der Waals surface area contributed by atoms with Gasteiger partial charge < -0.3 is 5.32 Å². The molecule has 1 N–H and O–H groups in total. The predicted octanol–water partition coefficient (Wildman–Crippen LogP) is 3.06. The Morgan fingerprint density at radius 1 is 1.39 bits per heavy atom. The van der Waals surface area contributed by atoms with Gasteiger partial charge in [-0.05, 0) is 43.7 Å². The number of carbonyl (C=O) groups is 1. The molecule has 1 aliphatic rings. The second-order valence-electron chi connectivity index (χ2n) is 5.17. The molecule has 0 aromatic heterocycles. The molecule has 1 aliphatic carbocycles. The number of aryl methyl sites for hydroxylation is 2. The van der Waals surface area contributed by atoms with Gasteiger partial charge in [-0.3, -0.25) is 4.79 Å². The van der Waals surface area contributed by atoms with E-state index < -0.39 is 0 Å². The fourth-order valence-corrected chi connectivity index (χ4v) is 2.76. The van der Waals surface area contributed by atoms with Crippen LogP contribution in [0.4, 0.5) is 0 Å². The second-order valence-corrected chi connectivity index (χ2v) is 6.16. The van der Waals surface area contributed by atoms with Gasteiger partial charge in [0.15, 0.2) is 0 Å². The number of amides is 1. The summed E-state index contributed by atoms with van der Waals surface area (Å²) in [5.41, 5.74) is 3.94. The number of hydrogen-bond acceptors (Lipinski definition) is 2. The average molecular weight is 263 g/mol. The minimum absolute atomic E-state index is 0.178. The molecule has 0 heterocycles. The van der Waals surface area contributed by atoms with E-state index in [1.807, 2.05) is 0 Å². The Balaban J connectivity index is 1.70. The largest absolute Gasteiger partial charge is 0.355 e. The van der Waals surface area contributed by atoms with E-state index in [-0.39, 0.29) is 5.91 Å². The first-order valence-corrected chi connectivity index (χ1v) is 7.71. The van der Waals surface area contributed by atoms with E-state index in [1.165, 1.54) is 29.5 Å². The van der Waals surface area contributed by atoms with E-state index in [9.17, 15) is 4.79 Å². The van der Waals surface area contributed by atoms with Crippen LogP contribution in [0.2, 0.25) is 0 Å². The normalized spacial score (nSPS) is 14.6. The molecule has 1 aromatic rings. The highest BCUT2D eigenvalue weighted by atomic mass is 32.2. The van der Waals surface area contributed by atoms with Crippen LogP contribution in [0.15, 0.2) is 18.2 Å². The van der Waals surface area contributed by atoms with Gasteiger partial charge in [0.05, 0.1) is 5.75 Å². The lowest BCUT2D eigenvalue weighted by atomic mass is 10.1. The zero-order chi connectivity index (χ0) is 13.0. The van der Waals surface area contributed by atoms with Crippen molar-refractivity contribution in [2.75, 3.05) is 12.3 Å². The van der Waals surface area contributed by atoms with Crippen molar-refractivity contribution >= 4 is 17.7 Å². The molecule has 0 saturated heterocycles. The highest BCUT2D eigenvalue weighted by Crippen LogP contribution is 2.27. The van der Waals surface area contributed by atoms with Crippen LogP contribution < -0.4 is 5.32 Å². The summed E-state index contributed by atoms with van der Waals surface area (Å²) in [5.74, 6) is 2.43. The van der Waals surface area contributed by atoms with Crippen LogP contribution in [0.25, 0.3) is 0 Å². The first-order chi connectivity index (χ1) is 8.65. The molecule has 0 spiro atoms. The molecule has 0 bridgehead atoms. The van der Waals surface area contributed by atoms with E-state index in [2.05, 4.69) is 37.4 Å². The first kappa shape index (κ1) is 13.5. The third kappa shape index (κ3) is 4.37. The van der Waals surface area contributed by atoms with Crippen LogP contribution in [0.5, 0.6) is 0 Å². The summed E-state index contributed by atoms with van der Waals surface area (Å²) in [6.45, 7) is 5.11. The summed E-state index contributed by atoms with van der Waals surface area (Å²) in [7, 11) is 0. The third-order valence-electron chi connectivity index (χ3n) is 3.28. The lowest BCUT2D eigenvalue weighted by Gasteiger charge is -2.07. The zero-order valence-electron chi connectivity index (χ0n) is 11.2. The third-order valence-corrected chi connectivity index (χ3v) is 4.26. The number of benzene rings is 1. The fourth-order valence-electron chi connectivity index (χ4n) is 1.84. The minimum atomic E-state index is 0.178. The number of rotatable bonds is 6. The summed E-state index contributed by atoms with van der Waals surface area (Å²) in [5, 5.41) is 3.00. The molecule has 0 unspecified atom stereocenters. The van der Waals surface area contributed by atoms with Gasteiger partial charge in [0, 0.05) is 12.3 Å². The monoisotopic (exact) mass is 263 g/mol. The smallest absolute Gasteiger partial charge is 0.230 e. The van der Waals surface area contributed by atoms with Gasteiger partial charge in [-0.1, -0.05) is 23.8 Å². The van der Waals surface area contributed by atoms with Crippen molar-refractivity contribution in [3.8, 4) is 0 Å². The Labute approximate surface area is 114 Å². The number of carbonyl (C=O) groups excluding carboxylic acids is 1. The molecule has 3 heteroatoms. The van der Waals surface area contributed by atoms with Crippen LogP contribution in [-0.4, -0.2) is 18.2 Å². The molecule has 18 heavy (non-hydrogen) atoms. The fraction of sp³-hybridized carbons (Fsp3) is 0.533. The Morgan fingerprint density at radius 2 is 2.17 bits per heavy atom. The highest BCUT2D eigenvalue weighted by molar-refractivity contribution is 7.99. The maximum absolute atomic E-state index is 11.6. The van der Waals surface area contributed by atoms with Crippen molar-refractivity contribution in [2.24, 2.45) is 5.92 Å². The highest BCUT2D eigenvalue weighted by Gasteiger charge is 2.21. The van der Waals surface area contributed by atoms with Crippen LogP contribution in [0.1, 0.15) is 29.5 Å². The lowest BCUT2D eigenvalue weighted by molar-refractivity contribution is -0.118. The summed E-state index contributed by atoms with van der Waals surface area (Å²) in [6.07, 6.45) is 2.58. The molecule has 0 aliphatic heterocycles. The molecular formula is C15H21NOS. The van der Waals surface area contributed by atoms with Crippen LogP contribution in [0.3, 0.4) is 0 Å². The van der Waals surface area contributed by atoms with Gasteiger partial charge in [-0.25, -0.2) is 0 Å². The molecule has 0 radical (unpaired) electrons. The van der Waals surface area contributed by atoms with E-state index in [4.69, 9.17) is 0 Å². The molecule has 0 atom stereocenters. The van der Waals surface area contributed by atoms with Gasteiger partial charge in [-0.15, -0.1) is 11.8 Å². The molecule has 1 fully saturated rings. The quantitative estimate of drug-likeness (QED) is 0.854. The standard InChI is InChI=1S/C15H21NOS/c1-11-3-4-12(2)14(7-11)9-18-10-15(17)16-8-13-5-6-13/h3-4,7,13H,5-6,8-10H2,1-2H3,(H,16,17). The number of thioether (sulfide) groups is 1. The Kier molecular flexibility index (Phi) is 4.70.